The number of hydrogen-bond acceptors (Lipinski definition) is 5. The minimum absolute atomic E-state index is 0.214. The number of rotatable bonds is 12. The molecule has 0 aliphatic heterocycles. The van der Waals surface area contributed by atoms with Gasteiger partial charge in [0.2, 0.25) is 11.5 Å². The summed E-state index contributed by atoms with van der Waals surface area (Å²) in [4.78, 5) is 16.6. The van der Waals surface area contributed by atoms with Gasteiger partial charge >= 0.3 is 5.97 Å². The first-order chi connectivity index (χ1) is 17.6. The van der Waals surface area contributed by atoms with Crippen molar-refractivity contribution in [3.05, 3.63) is 107 Å². The highest BCUT2D eigenvalue weighted by Gasteiger charge is 2.36. The Labute approximate surface area is 219 Å². The Balaban J connectivity index is 1.57. The third-order valence-corrected chi connectivity index (χ3v) is 5.85. The number of benzene rings is 2. The zero-order valence-electron chi connectivity index (χ0n) is 22.2. The van der Waals surface area contributed by atoms with Crippen LogP contribution in [-0.4, -0.2) is 28.3 Å². The smallest absolute Gasteiger partial charge is 0.348 e. The van der Waals surface area contributed by atoms with Crippen molar-refractivity contribution >= 4 is 11.5 Å². The summed E-state index contributed by atoms with van der Waals surface area (Å²) in [6.07, 6.45) is 6.62. The number of hydrogen-bond donors (Lipinski definition) is 1. The van der Waals surface area contributed by atoms with Gasteiger partial charge in [-0.1, -0.05) is 60.2 Å². The highest BCUT2D eigenvalue weighted by atomic mass is 16.5. The number of aromatic nitrogens is 1. The molecule has 1 heterocycles. The lowest BCUT2D eigenvalue weighted by Crippen LogP contribution is -2.43. The Hall–Kier alpha value is -4.06. The second kappa shape index (κ2) is 12.3. The first kappa shape index (κ1) is 27.5. The number of allylic oxidation sites excluding steroid dienone is 5. The molecule has 194 valence electrons. The van der Waals surface area contributed by atoms with E-state index in [4.69, 9.17) is 13.9 Å². The van der Waals surface area contributed by atoms with Gasteiger partial charge in [0.05, 0.1) is 12.3 Å². The lowest BCUT2D eigenvalue weighted by Gasteiger charge is -2.26. The summed E-state index contributed by atoms with van der Waals surface area (Å²) >= 11 is 0. The fourth-order valence-electron chi connectivity index (χ4n) is 3.64. The van der Waals surface area contributed by atoms with Crippen LogP contribution in [0.5, 0.6) is 11.5 Å². The fourth-order valence-corrected chi connectivity index (χ4v) is 3.64. The van der Waals surface area contributed by atoms with E-state index in [1.54, 1.807) is 19.1 Å². The van der Waals surface area contributed by atoms with E-state index in [0.717, 1.165) is 33.7 Å². The second-order valence-electron chi connectivity index (χ2n) is 9.45. The van der Waals surface area contributed by atoms with Gasteiger partial charge in [-0.05, 0) is 64.4 Å². The average molecular weight is 502 g/mol. The summed E-state index contributed by atoms with van der Waals surface area (Å²) in [6.45, 7) is 13.6. The molecule has 6 nitrogen and oxygen atoms in total. The van der Waals surface area contributed by atoms with Crippen molar-refractivity contribution < 1.29 is 23.8 Å². The molecule has 0 fully saturated rings. The number of oxazole rings is 1. The summed E-state index contributed by atoms with van der Waals surface area (Å²) < 4.78 is 17.6. The van der Waals surface area contributed by atoms with Crippen LogP contribution in [0, 0.1) is 13.8 Å². The van der Waals surface area contributed by atoms with E-state index < -0.39 is 11.6 Å². The molecular formula is C31H35NO5. The first-order valence-corrected chi connectivity index (χ1v) is 12.2. The SMILES string of the molecule is C=C(C)/C=C\C=C(/C)c1nc(CCOc2ccc(CC(C)(Oc3ccc(C)cc3)C(=O)O)cc2)c(C)o1. The van der Waals surface area contributed by atoms with E-state index in [0.29, 0.717) is 30.4 Å². The first-order valence-electron chi connectivity index (χ1n) is 12.2. The topological polar surface area (TPSA) is 81.8 Å². The molecule has 1 aromatic heterocycles. The van der Waals surface area contributed by atoms with Crippen molar-refractivity contribution in [2.75, 3.05) is 6.61 Å². The molecule has 0 amide bonds. The molecule has 6 heteroatoms. The van der Waals surface area contributed by atoms with Crippen molar-refractivity contribution in [2.24, 2.45) is 0 Å². The van der Waals surface area contributed by atoms with Crippen LogP contribution in [0.2, 0.25) is 0 Å². The average Bonchev–Trinajstić information content (AvgIpc) is 3.22. The Morgan fingerprint density at radius 2 is 1.73 bits per heavy atom. The fraction of sp³-hybridized carbons (Fsp3) is 0.290. The summed E-state index contributed by atoms with van der Waals surface area (Å²) in [6, 6.07) is 14.8. The summed E-state index contributed by atoms with van der Waals surface area (Å²) in [5.74, 6) is 1.57. The number of nitrogens with zero attached hydrogens (tertiary/aromatic N) is 1. The van der Waals surface area contributed by atoms with Crippen LogP contribution in [0.1, 0.15) is 49.2 Å². The molecule has 3 rings (SSSR count). The van der Waals surface area contributed by atoms with E-state index in [2.05, 4.69) is 11.6 Å². The number of carbonyl (C=O) groups is 1. The lowest BCUT2D eigenvalue weighted by atomic mass is 9.96. The van der Waals surface area contributed by atoms with Crippen molar-refractivity contribution in [1.29, 1.82) is 0 Å². The van der Waals surface area contributed by atoms with Crippen molar-refractivity contribution in [2.45, 2.75) is 53.1 Å². The van der Waals surface area contributed by atoms with Crippen LogP contribution < -0.4 is 9.47 Å². The highest BCUT2D eigenvalue weighted by Crippen LogP contribution is 2.25. The highest BCUT2D eigenvalue weighted by molar-refractivity contribution is 5.78. The van der Waals surface area contributed by atoms with E-state index in [1.807, 2.05) is 82.3 Å². The molecule has 1 atom stereocenters. The van der Waals surface area contributed by atoms with E-state index in [-0.39, 0.29) is 6.42 Å². The Kier molecular flexibility index (Phi) is 9.12. The van der Waals surface area contributed by atoms with Gasteiger partial charge in [0.1, 0.15) is 17.3 Å². The van der Waals surface area contributed by atoms with E-state index in [9.17, 15) is 9.90 Å². The summed E-state index contributed by atoms with van der Waals surface area (Å²) in [7, 11) is 0. The van der Waals surface area contributed by atoms with Gasteiger partial charge in [0.15, 0.2) is 0 Å². The molecule has 2 aromatic carbocycles. The molecule has 0 bridgehead atoms. The largest absolute Gasteiger partial charge is 0.493 e. The van der Waals surface area contributed by atoms with Crippen molar-refractivity contribution in [3.8, 4) is 11.5 Å². The predicted octanol–water partition coefficient (Wildman–Crippen LogP) is 6.91. The molecular weight excluding hydrogens is 466 g/mol. The number of ether oxygens (including phenoxy) is 2. The quantitative estimate of drug-likeness (QED) is 0.272. The molecule has 0 aliphatic rings. The minimum Gasteiger partial charge on any atom is -0.493 e. The van der Waals surface area contributed by atoms with Gasteiger partial charge < -0.3 is 19.0 Å². The standard InChI is InChI=1S/C31H35NO5/c1-21(2)8-7-9-23(4)29-32-28(24(5)36-29)18-19-35-26-16-12-25(13-17-26)20-31(6,30(33)34)37-27-14-10-22(3)11-15-27/h7-17H,1,18-20H2,2-6H3,(H,33,34)/b8-7-,23-9+. The van der Waals surface area contributed by atoms with E-state index in [1.165, 1.54) is 0 Å². The van der Waals surface area contributed by atoms with Gasteiger partial charge in [-0.15, -0.1) is 0 Å². The van der Waals surface area contributed by atoms with Crippen LogP contribution in [-0.2, 0) is 17.6 Å². The summed E-state index contributed by atoms with van der Waals surface area (Å²) in [5, 5.41) is 9.84. The maximum Gasteiger partial charge on any atom is 0.348 e. The maximum atomic E-state index is 12.0. The molecule has 0 aliphatic carbocycles. The van der Waals surface area contributed by atoms with Gasteiger partial charge in [-0.25, -0.2) is 9.78 Å². The van der Waals surface area contributed by atoms with Crippen LogP contribution in [0.15, 0.2) is 83.3 Å². The molecule has 3 aromatic rings. The Bertz CT molecular complexity index is 1280. The number of carboxylic acid groups (broad SMARTS) is 1. The molecule has 0 saturated carbocycles. The Morgan fingerprint density at radius 3 is 2.35 bits per heavy atom. The zero-order valence-corrected chi connectivity index (χ0v) is 22.2. The normalized spacial score (nSPS) is 13.4. The maximum absolute atomic E-state index is 12.0. The molecule has 0 saturated heterocycles. The zero-order chi connectivity index (χ0) is 27.0. The molecule has 1 N–H and O–H groups in total. The van der Waals surface area contributed by atoms with Crippen molar-refractivity contribution in [3.63, 3.8) is 0 Å². The van der Waals surface area contributed by atoms with Crippen LogP contribution >= 0.6 is 0 Å². The third kappa shape index (κ3) is 7.97. The van der Waals surface area contributed by atoms with Crippen molar-refractivity contribution in [1.82, 2.24) is 4.98 Å². The predicted molar refractivity (Wildman–Crippen MR) is 146 cm³/mol. The molecule has 0 spiro atoms. The molecule has 0 radical (unpaired) electrons. The van der Waals surface area contributed by atoms with Gasteiger partial charge in [-0.3, -0.25) is 0 Å². The van der Waals surface area contributed by atoms with Crippen LogP contribution in [0.4, 0.5) is 0 Å². The number of carboxylic acids is 1. The second-order valence-corrected chi connectivity index (χ2v) is 9.45. The van der Waals surface area contributed by atoms with Gasteiger partial charge in [0, 0.05) is 18.4 Å². The summed E-state index contributed by atoms with van der Waals surface area (Å²) in [5.41, 5.74) is 3.29. The number of aliphatic carboxylic acids is 1. The lowest BCUT2D eigenvalue weighted by molar-refractivity contribution is -0.153. The molecule has 37 heavy (non-hydrogen) atoms. The van der Waals surface area contributed by atoms with Crippen LogP contribution in [0.25, 0.3) is 5.57 Å². The minimum atomic E-state index is -1.40. The number of aryl methyl sites for hydroxylation is 2. The van der Waals surface area contributed by atoms with Gasteiger partial charge in [0.25, 0.3) is 0 Å². The van der Waals surface area contributed by atoms with Crippen LogP contribution in [0.3, 0.4) is 0 Å². The molecule has 1 unspecified atom stereocenters. The van der Waals surface area contributed by atoms with E-state index >= 15 is 0 Å². The van der Waals surface area contributed by atoms with Gasteiger partial charge in [-0.2, -0.15) is 0 Å². The third-order valence-electron chi connectivity index (χ3n) is 5.85. The Morgan fingerprint density at radius 1 is 1.08 bits per heavy atom. The monoisotopic (exact) mass is 501 g/mol.